The third kappa shape index (κ3) is 4.17. The zero-order valence-corrected chi connectivity index (χ0v) is 15.4. The molecule has 2 aliphatic rings. The SMILES string of the molecule is C=NC1=C(N(C)CNC2=Nc3cc(CN(C)C)ccc3C2)CCC=C1. The van der Waals surface area contributed by atoms with Crippen molar-refractivity contribution in [2.45, 2.75) is 25.8 Å². The number of aliphatic imine (C=N–C) groups is 2. The van der Waals surface area contributed by atoms with Crippen LogP contribution in [-0.2, 0) is 13.0 Å². The average Bonchev–Trinajstić information content (AvgIpc) is 3.01. The fourth-order valence-electron chi connectivity index (χ4n) is 3.27. The predicted octanol–water partition coefficient (Wildman–Crippen LogP) is 3.08. The smallest absolute Gasteiger partial charge is 0.108 e. The van der Waals surface area contributed by atoms with Gasteiger partial charge >= 0.3 is 0 Å². The van der Waals surface area contributed by atoms with Crippen molar-refractivity contribution in [3.8, 4) is 0 Å². The standard InChI is InChI=1S/C20H27N5/c1-21-17-7-5-6-8-19(17)25(4)14-22-20-12-16-10-9-15(13-24(2)3)11-18(16)23-20/h5,7,9-11H,1,6,8,12-14H2,2-4H3,(H,22,23). The minimum Gasteiger partial charge on any atom is -0.359 e. The van der Waals surface area contributed by atoms with Crippen molar-refractivity contribution in [2.75, 3.05) is 27.8 Å². The van der Waals surface area contributed by atoms with Crippen LogP contribution in [0.4, 0.5) is 5.69 Å². The maximum Gasteiger partial charge on any atom is 0.108 e. The summed E-state index contributed by atoms with van der Waals surface area (Å²) >= 11 is 0. The van der Waals surface area contributed by atoms with E-state index in [-0.39, 0.29) is 0 Å². The van der Waals surface area contributed by atoms with E-state index in [1.54, 1.807) is 0 Å². The van der Waals surface area contributed by atoms with E-state index >= 15 is 0 Å². The molecule has 0 fully saturated rings. The lowest BCUT2D eigenvalue weighted by Gasteiger charge is -2.26. The molecule has 132 valence electrons. The third-order valence-corrected chi connectivity index (χ3v) is 4.53. The molecule has 25 heavy (non-hydrogen) atoms. The van der Waals surface area contributed by atoms with E-state index in [9.17, 15) is 0 Å². The average molecular weight is 337 g/mol. The molecular formula is C20H27N5. The highest BCUT2D eigenvalue weighted by molar-refractivity contribution is 5.92. The van der Waals surface area contributed by atoms with Crippen LogP contribution in [0.5, 0.6) is 0 Å². The van der Waals surface area contributed by atoms with Gasteiger partial charge in [-0.1, -0.05) is 18.2 Å². The van der Waals surface area contributed by atoms with E-state index in [1.165, 1.54) is 16.8 Å². The number of hydrogen-bond acceptors (Lipinski definition) is 5. The zero-order chi connectivity index (χ0) is 17.8. The second kappa shape index (κ2) is 7.66. The molecule has 0 spiro atoms. The first kappa shape index (κ1) is 17.4. The Kier molecular flexibility index (Phi) is 5.34. The molecule has 5 heteroatoms. The number of hydrogen-bond donors (Lipinski definition) is 1. The van der Waals surface area contributed by atoms with Crippen LogP contribution in [0, 0.1) is 0 Å². The number of fused-ring (bicyclic) bond motifs is 1. The van der Waals surface area contributed by atoms with Crippen molar-refractivity contribution in [3.63, 3.8) is 0 Å². The third-order valence-electron chi connectivity index (χ3n) is 4.53. The summed E-state index contributed by atoms with van der Waals surface area (Å²) in [4.78, 5) is 13.3. The van der Waals surface area contributed by atoms with Gasteiger partial charge < -0.3 is 15.1 Å². The summed E-state index contributed by atoms with van der Waals surface area (Å²) in [6.07, 6.45) is 7.13. The van der Waals surface area contributed by atoms with Crippen LogP contribution >= 0.6 is 0 Å². The van der Waals surface area contributed by atoms with Gasteiger partial charge in [-0.2, -0.15) is 0 Å². The highest BCUT2D eigenvalue weighted by Crippen LogP contribution is 2.28. The normalized spacial score (nSPS) is 16.1. The molecule has 1 heterocycles. The van der Waals surface area contributed by atoms with Crippen LogP contribution in [0.2, 0.25) is 0 Å². The number of allylic oxidation sites excluding steroid dienone is 3. The first-order valence-electron chi connectivity index (χ1n) is 8.72. The Bertz CT molecular complexity index is 742. The summed E-state index contributed by atoms with van der Waals surface area (Å²) in [6, 6.07) is 6.59. The van der Waals surface area contributed by atoms with Crippen molar-refractivity contribution in [3.05, 3.63) is 52.9 Å². The molecule has 1 N–H and O–H groups in total. The van der Waals surface area contributed by atoms with E-state index in [1.807, 2.05) is 0 Å². The Morgan fingerprint density at radius 1 is 1.28 bits per heavy atom. The molecule has 3 rings (SSSR count). The van der Waals surface area contributed by atoms with Gasteiger partial charge in [0.1, 0.15) is 5.84 Å². The summed E-state index contributed by atoms with van der Waals surface area (Å²) in [5.41, 5.74) is 5.89. The fraction of sp³-hybridized carbons (Fsp3) is 0.400. The number of nitrogens with zero attached hydrogens (tertiary/aromatic N) is 4. The van der Waals surface area contributed by atoms with Crippen LogP contribution in [0.15, 0.2) is 51.7 Å². The molecule has 0 bridgehead atoms. The quantitative estimate of drug-likeness (QED) is 0.641. The minimum atomic E-state index is 0.722. The van der Waals surface area contributed by atoms with Crippen molar-refractivity contribution < 1.29 is 0 Å². The molecule has 0 aromatic heterocycles. The lowest BCUT2D eigenvalue weighted by Crippen LogP contribution is -2.35. The number of rotatable bonds is 6. The highest BCUT2D eigenvalue weighted by Gasteiger charge is 2.17. The second-order valence-electron chi connectivity index (χ2n) is 6.90. The molecule has 0 radical (unpaired) electrons. The van der Waals surface area contributed by atoms with Crippen molar-refractivity contribution in [2.24, 2.45) is 9.98 Å². The van der Waals surface area contributed by atoms with E-state index in [0.717, 1.165) is 49.7 Å². The Balaban J connectivity index is 1.63. The Morgan fingerprint density at radius 2 is 2.12 bits per heavy atom. The van der Waals surface area contributed by atoms with Gasteiger partial charge in [-0.05, 0) is 56.9 Å². The van der Waals surface area contributed by atoms with E-state index in [2.05, 4.69) is 78.3 Å². The summed E-state index contributed by atoms with van der Waals surface area (Å²) in [5, 5.41) is 3.48. The summed E-state index contributed by atoms with van der Waals surface area (Å²) in [6.45, 7) is 5.34. The number of benzene rings is 1. The van der Waals surface area contributed by atoms with Crippen LogP contribution in [0.1, 0.15) is 24.0 Å². The Labute approximate surface area is 150 Å². The van der Waals surface area contributed by atoms with Crippen LogP contribution < -0.4 is 5.32 Å². The van der Waals surface area contributed by atoms with Crippen LogP contribution in [0.25, 0.3) is 0 Å². The number of amidine groups is 1. The molecule has 0 unspecified atom stereocenters. The van der Waals surface area contributed by atoms with Gasteiger partial charge in [0.2, 0.25) is 0 Å². The molecule has 0 saturated carbocycles. The monoisotopic (exact) mass is 337 g/mol. The number of nitrogens with one attached hydrogen (secondary N) is 1. The zero-order valence-electron chi connectivity index (χ0n) is 15.4. The van der Waals surface area contributed by atoms with E-state index in [4.69, 9.17) is 4.99 Å². The minimum absolute atomic E-state index is 0.722. The Hall–Kier alpha value is -2.40. The lowest BCUT2D eigenvalue weighted by atomic mass is 10.1. The molecular weight excluding hydrogens is 310 g/mol. The first-order valence-corrected chi connectivity index (χ1v) is 8.72. The van der Waals surface area contributed by atoms with Gasteiger partial charge in [0.25, 0.3) is 0 Å². The largest absolute Gasteiger partial charge is 0.359 e. The molecule has 1 aliphatic heterocycles. The van der Waals surface area contributed by atoms with Gasteiger partial charge in [0, 0.05) is 25.7 Å². The summed E-state index contributed by atoms with van der Waals surface area (Å²) in [5.74, 6) is 1.03. The first-order chi connectivity index (χ1) is 12.1. The molecule has 1 aromatic carbocycles. The molecule has 0 atom stereocenters. The summed E-state index contributed by atoms with van der Waals surface area (Å²) < 4.78 is 0. The van der Waals surface area contributed by atoms with Gasteiger partial charge in [-0.15, -0.1) is 0 Å². The molecule has 1 aliphatic carbocycles. The summed E-state index contributed by atoms with van der Waals surface area (Å²) in [7, 11) is 6.26. The van der Waals surface area contributed by atoms with Gasteiger partial charge in [-0.25, -0.2) is 4.99 Å². The predicted molar refractivity (Wildman–Crippen MR) is 105 cm³/mol. The van der Waals surface area contributed by atoms with Crippen molar-refractivity contribution >= 4 is 18.2 Å². The van der Waals surface area contributed by atoms with Gasteiger partial charge in [0.15, 0.2) is 0 Å². The molecule has 0 saturated heterocycles. The van der Waals surface area contributed by atoms with E-state index in [0.29, 0.717) is 0 Å². The molecule has 1 aromatic rings. The fourth-order valence-corrected chi connectivity index (χ4v) is 3.27. The lowest BCUT2D eigenvalue weighted by molar-refractivity contribution is 0.387. The second-order valence-corrected chi connectivity index (χ2v) is 6.90. The van der Waals surface area contributed by atoms with Crippen molar-refractivity contribution in [1.82, 2.24) is 15.1 Å². The van der Waals surface area contributed by atoms with Crippen molar-refractivity contribution in [1.29, 1.82) is 0 Å². The van der Waals surface area contributed by atoms with Crippen LogP contribution in [0.3, 0.4) is 0 Å². The van der Waals surface area contributed by atoms with Gasteiger partial charge in [0.05, 0.1) is 18.1 Å². The maximum absolute atomic E-state index is 4.77. The maximum atomic E-state index is 4.77. The highest BCUT2D eigenvalue weighted by atomic mass is 15.2. The Morgan fingerprint density at radius 3 is 2.88 bits per heavy atom. The molecule has 5 nitrogen and oxygen atoms in total. The van der Waals surface area contributed by atoms with E-state index < -0.39 is 0 Å². The molecule has 0 amide bonds. The van der Waals surface area contributed by atoms with Gasteiger partial charge in [-0.3, -0.25) is 4.99 Å². The van der Waals surface area contributed by atoms with Crippen LogP contribution in [-0.4, -0.2) is 50.2 Å². The topological polar surface area (TPSA) is 43.2 Å².